The van der Waals surface area contributed by atoms with Crippen LogP contribution in [0.2, 0.25) is 0 Å². The average Bonchev–Trinajstić information content (AvgIpc) is 2.44. The van der Waals surface area contributed by atoms with Crippen molar-refractivity contribution in [1.29, 1.82) is 0 Å². The predicted octanol–water partition coefficient (Wildman–Crippen LogP) is 3.61. The van der Waals surface area contributed by atoms with Crippen LogP contribution >= 0.6 is 0 Å². The molecular weight excluding hydrogens is 321 g/mol. The summed E-state index contributed by atoms with van der Waals surface area (Å²) in [6.07, 6.45) is -3.84. The van der Waals surface area contributed by atoms with Gasteiger partial charge in [-0.3, -0.25) is 0 Å². The van der Waals surface area contributed by atoms with Gasteiger partial charge in [0.2, 0.25) is 0 Å². The van der Waals surface area contributed by atoms with Gasteiger partial charge in [0.1, 0.15) is 0 Å². The first-order chi connectivity index (χ1) is 10.9. The lowest BCUT2D eigenvalue weighted by atomic mass is 9.96. The van der Waals surface area contributed by atoms with Gasteiger partial charge >= 0.3 is 12.2 Å². The number of amides is 2. The van der Waals surface area contributed by atoms with Crippen molar-refractivity contribution in [2.75, 3.05) is 20.1 Å². The highest BCUT2D eigenvalue weighted by molar-refractivity contribution is 5.73. The quantitative estimate of drug-likeness (QED) is 0.827. The number of nitrogens with zero attached hydrogens (tertiary/aromatic N) is 1. The Morgan fingerprint density at radius 1 is 1.33 bits per heavy atom. The summed E-state index contributed by atoms with van der Waals surface area (Å²) < 4.78 is 38.2. The molecule has 0 aliphatic carbocycles. The third-order valence-corrected chi connectivity index (χ3v) is 3.61. The summed E-state index contributed by atoms with van der Waals surface area (Å²) in [5.74, 6) is -0.118. The van der Waals surface area contributed by atoms with Crippen LogP contribution in [-0.2, 0) is 6.18 Å². The van der Waals surface area contributed by atoms with Crippen molar-refractivity contribution < 1.29 is 23.1 Å². The third-order valence-electron chi connectivity index (χ3n) is 3.61. The van der Waals surface area contributed by atoms with Crippen molar-refractivity contribution >= 4 is 6.03 Å². The van der Waals surface area contributed by atoms with E-state index in [0.717, 1.165) is 12.1 Å². The van der Waals surface area contributed by atoms with Crippen LogP contribution in [0, 0.1) is 0 Å². The van der Waals surface area contributed by atoms with Crippen molar-refractivity contribution in [2.24, 2.45) is 0 Å². The number of rotatable bonds is 6. The highest BCUT2D eigenvalue weighted by Crippen LogP contribution is 2.31. The fourth-order valence-corrected chi connectivity index (χ4v) is 2.37. The molecule has 1 aromatic rings. The molecule has 7 heteroatoms. The van der Waals surface area contributed by atoms with Crippen LogP contribution < -0.4 is 5.32 Å². The lowest BCUT2D eigenvalue weighted by Crippen LogP contribution is -2.44. The van der Waals surface area contributed by atoms with Crippen LogP contribution in [0.3, 0.4) is 0 Å². The summed E-state index contributed by atoms with van der Waals surface area (Å²) >= 11 is 0. The zero-order chi connectivity index (χ0) is 18.5. The number of hydrogen-bond acceptors (Lipinski definition) is 2. The van der Waals surface area contributed by atoms with E-state index in [-0.39, 0.29) is 18.5 Å². The molecule has 0 aliphatic heterocycles. The van der Waals surface area contributed by atoms with Gasteiger partial charge in [-0.15, -0.1) is 0 Å². The third kappa shape index (κ3) is 6.78. The Kier molecular flexibility index (Phi) is 6.66. The van der Waals surface area contributed by atoms with Crippen LogP contribution in [-0.4, -0.2) is 41.8 Å². The monoisotopic (exact) mass is 346 g/mol. The number of carbonyl (C=O) groups excluding carboxylic acids is 1. The Morgan fingerprint density at radius 2 is 1.96 bits per heavy atom. The van der Waals surface area contributed by atoms with Crippen molar-refractivity contribution in [3.05, 3.63) is 35.4 Å². The molecule has 0 saturated heterocycles. The van der Waals surface area contributed by atoms with Gasteiger partial charge in [-0.25, -0.2) is 4.79 Å². The Labute approximate surface area is 140 Å². The summed E-state index contributed by atoms with van der Waals surface area (Å²) in [7, 11) is 1.57. The fourth-order valence-electron chi connectivity index (χ4n) is 2.37. The van der Waals surface area contributed by atoms with Gasteiger partial charge in [-0.05, 0) is 37.8 Å². The molecular formula is C17H25F3N2O2. The fraction of sp³-hybridized carbons (Fsp3) is 0.588. The molecule has 24 heavy (non-hydrogen) atoms. The molecule has 0 fully saturated rings. The second kappa shape index (κ2) is 7.88. The molecule has 0 bridgehead atoms. The van der Waals surface area contributed by atoms with Crippen LogP contribution in [0.1, 0.15) is 44.2 Å². The summed E-state index contributed by atoms with van der Waals surface area (Å²) in [6.45, 7) is 5.55. The van der Waals surface area contributed by atoms with Gasteiger partial charge in [-0.2, -0.15) is 13.2 Å². The smallest absolute Gasteiger partial charge is 0.389 e. The minimum Gasteiger partial charge on any atom is -0.389 e. The second-order valence-corrected chi connectivity index (χ2v) is 6.71. The second-order valence-electron chi connectivity index (χ2n) is 6.71. The molecule has 1 aromatic carbocycles. The van der Waals surface area contributed by atoms with Gasteiger partial charge in [0.25, 0.3) is 0 Å². The summed E-state index contributed by atoms with van der Waals surface area (Å²) in [6, 6.07) is 4.91. The molecule has 0 spiro atoms. The maximum Gasteiger partial charge on any atom is 0.416 e. The Morgan fingerprint density at radius 3 is 2.50 bits per heavy atom. The molecule has 0 aromatic heterocycles. The number of alkyl halides is 3. The van der Waals surface area contributed by atoms with Crippen LogP contribution in [0.15, 0.2) is 24.3 Å². The van der Waals surface area contributed by atoms with E-state index in [2.05, 4.69) is 5.32 Å². The average molecular weight is 346 g/mol. The van der Waals surface area contributed by atoms with Crippen molar-refractivity contribution in [3.63, 3.8) is 0 Å². The van der Waals surface area contributed by atoms with Crippen molar-refractivity contribution in [1.82, 2.24) is 10.2 Å². The van der Waals surface area contributed by atoms with Crippen LogP contribution in [0.4, 0.5) is 18.0 Å². The topological polar surface area (TPSA) is 52.6 Å². The molecule has 1 rings (SSSR count). The standard InChI is InChI=1S/C17H25F3N2O2/c1-12(13-6-5-7-14(10-13)17(18,19)20)8-9-21-15(23)22(4)11-16(2,3)24/h5-7,10,12,24H,8-9,11H2,1-4H3,(H,21,23). The Hall–Kier alpha value is -1.76. The normalized spacial score (nSPS) is 13.5. The summed E-state index contributed by atoms with van der Waals surface area (Å²) in [4.78, 5) is 13.2. The minimum absolute atomic E-state index is 0.118. The first-order valence-electron chi connectivity index (χ1n) is 7.78. The molecule has 0 aliphatic rings. The first kappa shape index (κ1) is 20.3. The SMILES string of the molecule is CC(CCNC(=O)N(C)CC(C)(C)O)c1cccc(C(F)(F)F)c1. The molecule has 0 heterocycles. The van der Waals surface area contributed by atoms with E-state index in [4.69, 9.17) is 0 Å². The number of hydrogen-bond donors (Lipinski definition) is 2. The number of aliphatic hydroxyl groups is 1. The van der Waals surface area contributed by atoms with Crippen LogP contribution in [0.5, 0.6) is 0 Å². The minimum atomic E-state index is -4.36. The van der Waals surface area contributed by atoms with Crippen molar-refractivity contribution in [2.45, 2.75) is 44.9 Å². The van der Waals surface area contributed by atoms with E-state index in [1.807, 2.05) is 6.92 Å². The van der Waals surface area contributed by atoms with Gasteiger partial charge in [0.15, 0.2) is 0 Å². The molecule has 2 N–H and O–H groups in total. The molecule has 1 atom stereocenters. The van der Waals surface area contributed by atoms with Gasteiger partial charge < -0.3 is 15.3 Å². The zero-order valence-electron chi connectivity index (χ0n) is 14.4. The molecule has 0 radical (unpaired) electrons. The number of nitrogens with one attached hydrogen (secondary N) is 1. The van der Waals surface area contributed by atoms with E-state index in [9.17, 15) is 23.1 Å². The van der Waals surface area contributed by atoms with Gasteiger partial charge in [-0.1, -0.05) is 25.1 Å². The van der Waals surface area contributed by atoms with E-state index in [1.54, 1.807) is 27.0 Å². The van der Waals surface area contributed by atoms with Crippen LogP contribution in [0.25, 0.3) is 0 Å². The predicted molar refractivity (Wildman–Crippen MR) is 86.8 cm³/mol. The van der Waals surface area contributed by atoms with Crippen molar-refractivity contribution in [3.8, 4) is 0 Å². The number of carbonyl (C=O) groups is 1. The van der Waals surface area contributed by atoms with Gasteiger partial charge in [0, 0.05) is 13.6 Å². The zero-order valence-corrected chi connectivity index (χ0v) is 14.4. The maximum absolute atomic E-state index is 12.7. The molecule has 136 valence electrons. The largest absolute Gasteiger partial charge is 0.416 e. The lowest BCUT2D eigenvalue weighted by Gasteiger charge is -2.26. The Balaban J connectivity index is 2.52. The highest BCUT2D eigenvalue weighted by atomic mass is 19.4. The Bertz CT molecular complexity index is 554. The summed E-state index contributed by atoms with van der Waals surface area (Å²) in [5.41, 5.74) is -1.07. The number of urea groups is 1. The maximum atomic E-state index is 12.7. The van der Waals surface area contributed by atoms with E-state index in [0.29, 0.717) is 18.5 Å². The van der Waals surface area contributed by atoms with E-state index < -0.39 is 17.3 Å². The van der Waals surface area contributed by atoms with E-state index in [1.165, 1.54) is 11.0 Å². The molecule has 4 nitrogen and oxygen atoms in total. The lowest BCUT2D eigenvalue weighted by molar-refractivity contribution is -0.137. The van der Waals surface area contributed by atoms with Gasteiger partial charge in [0.05, 0.1) is 17.7 Å². The molecule has 1 unspecified atom stereocenters. The summed E-state index contributed by atoms with van der Waals surface area (Å²) in [5, 5.41) is 12.4. The van der Waals surface area contributed by atoms with E-state index >= 15 is 0 Å². The number of likely N-dealkylation sites (N-methyl/N-ethyl adjacent to an activating group) is 1. The number of benzene rings is 1. The molecule has 0 saturated carbocycles. The number of halogens is 3. The molecule has 2 amide bonds. The highest BCUT2D eigenvalue weighted by Gasteiger charge is 2.30. The first-order valence-corrected chi connectivity index (χ1v) is 7.78.